The molecule has 0 aliphatic heterocycles. The van der Waals surface area contributed by atoms with Crippen molar-refractivity contribution in [3.8, 4) is 12.1 Å². The Morgan fingerprint density at radius 2 is 1.43 bits per heavy atom. The number of carbonyl (C=O) groups is 2. The molecule has 2 N–H and O–H groups in total. The van der Waals surface area contributed by atoms with Crippen molar-refractivity contribution in [1.29, 1.82) is 10.5 Å². The molecule has 2 rings (SSSR count). The predicted molar refractivity (Wildman–Crippen MR) is 84.2 cm³/mol. The van der Waals surface area contributed by atoms with Crippen molar-refractivity contribution < 1.29 is 9.59 Å². The number of anilines is 2. The second-order valence-electron chi connectivity index (χ2n) is 4.65. The van der Waals surface area contributed by atoms with Crippen LogP contribution in [0.15, 0.2) is 48.5 Å². The molecule has 0 saturated heterocycles. The topological polar surface area (TPSA) is 106 Å². The summed E-state index contributed by atoms with van der Waals surface area (Å²) < 4.78 is 0. The Bertz CT molecular complexity index is 814. The Labute approximate surface area is 133 Å². The van der Waals surface area contributed by atoms with Crippen molar-refractivity contribution in [2.75, 3.05) is 10.6 Å². The van der Waals surface area contributed by atoms with Gasteiger partial charge in [-0.1, -0.05) is 6.07 Å². The highest BCUT2D eigenvalue weighted by molar-refractivity contribution is 6.08. The molecule has 0 aliphatic rings. The van der Waals surface area contributed by atoms with Gasteiger partial charge in [-0.15, -0.1) is 0 Å². The third kappa shape index (κ3) is 4.69. The van der Waals surface area contributed by atoms with Crippen LogP contribution in [0, 0.1) is 22.7 Å². The van der Waals surface area contributed by atoms with Gasteiger partial charge in [0.1, 0.15) is 6.42 Å². The van der Waals surface area contributed by atoms with Gasteiger partial charge in [0.05, 0.1) is 23.3 Å². The molecule has 2 amide bonds. The van der Waals surface area contributed by atoms with Crippen molar-refractivity contribution in [2.24, 2.45) is 0 Å². The molecule has 6 nitrogen and oxygen atoms in total. The van der Waals surface area contributed by atoms with E-state index in [0.717, 1.165) is 0 Å². The lowest BCUT2D eigenvalue weighted by Crippen LogP contribution is -2.21. The fraction of sp³-hybridized carbons (Fsp3) is 0.0588. The van der Waals surface area contributed by atoms with Crippen LogP contribution < -0.4 is 10.6 Å². The standard InChI is InChI=1S/C17H12N4O2/c18-10-12-4-6-14(7-5-12)20-16(22)9-17(23)21-15-3-1-2-13(8-15)11-19/h1-8H,9H2,(H,20,22)(H,21,23). The van der Waals surface area contributed by atoms with Gasteiger partial charge in [-0.3, -0.25) is 9.59 Å². The summed E-state index contributed by atoms with van der Waals surface area (Å²) in [6, 6.07) is 16.7. The SMILES string of the molecule is N#Cc1ccc(NC(=O)CC(=O)Nc2cccc(C#N)c2)cc1. The van der Waals surface area contributed by atoms with Gasteiger partial charge in [-0.25, -0.2) is 0 Å². The minimum atomic E-state index is -0.480. The predicted octanol–water partition coefficient (Wildman–Crippen LogP) is 2.40. The Morgan fingerprint density at radius 3 is 2.04 bits per heavy atom. The molecule has 23 heavy (non-hydrogen) atoms. The van der Waals surface area contributed by atoms with Crippen molar-refractivity contribution in [3.63, 3.8) is 0 Å². The highest BCUT2D eigenvalue weighted by Gasteiger charge is 2.10. The molecule has 2 aromatic rings. The average molecular weight is 304 g/mol. The van der Waals surface area contributed by atoms with Gasteiger partial charge in [0, 0.05) is 11.4 Å². The number of amides is 2. The number of nitrogens with one attached hydrogen (secondary N) is 2. The number of hydrogen-bond donors (Lipinski definition) is 2. The lowest BCUT2D eigenvalue weighted by Gasteiger charge is -2.07. The Morgan fingerprint density at radius 1 is 0.826 bits per heavy atom. The quantitative estimate of drug-likeness (QED) is 0.846. The van der Waals surface area contributed by atoms with E-state index in [2.05, 4.69) is 10.6 Å². The van der Waals surface area contributed by atoms with Gasteiger partial charge in [0.2, 0.25) is 11.8 Å². The van der Waals surface area contributed by atoms with Gasteiger partial charge in [0.15, 0.2) is 0 Å². The number of nitriles is 2. The average Bonchev–Trinajstić information content (AvgIpc) is 2.55. The highest BCUT2D eigenvalue weighted by Crippen LogP contribution is 2.11. The Balaban J connectivity index is 1.90. The summed E-state index contributed by atoms with van der Waals surface area (Å²) in [7, 11) is 0. The van der Waals surface area contributed by atoms with Crippen molar-refractivity contribution >= 4 is 23.2 Å². The Kier molecular flexibility index (Phi) is 5.06. The summed E-state index contributed by atoms with van der Waals surface area (Å²) in [6.07, 6.45) is -0.350. The zero-order valence-electron chi connectivity index (χ0n) is 12.0. The zero-order chi connectivity index (χ0) is 16.7. The maximum Gasteiger partial charge on any atom is 0.233 e. The molecule has 0 radical (unpaired) electrons. The molecular formula is C17H12N4O2. The van der Waals surface area contributed by atoms with Crippen LogP contribution in [0.5, 0.6) is 0 Å². The lowest BCUT2D eigenvalue weighted by molar-refractivity contribution is -0.123. The third-order valence-electron chi connectivity index (χ3n) is 2.89. The number of rotatable bonds is 4. The van der Waals surface area contributed by atoms with Crippen molar-refractivity contribution in [2.45, 2.75) is 6.42 Å². The normalized spacial score (nSPS) is 9.30. The Hall–Kier alpha value is -3.64. The van der Waals surface area contributed by atoms with E-state index in [0.29, 0.717) is 22.5 Å². The second kappa shape index (κ2) is 7.39. The number of benzene rings is 2. The van der Waals surface area contributed by atoms with Gasteiger partial charge in [0.25, 0.3) is 0 Å². The minimum absolute atomic E-state index is 0.350. The molecule has 112 valence electrons. The highest BCUT2D eigenvalue weighted by atomic mass is 16.2. The second-order valence-corrected chi connectivity index (χ2v) is 4.65. The summed E-state index contributed by atoms with van der Waals surface area (Å²) in [4.78, 5) is 23.6. The first kappa shape index (κ1) is 15.7. The number of nitrogens with zero attached hydrogens (tertiary/aromatic N) is 2. The van der Waals surface area contributed by atoms with Crippen molar-refractivity contribution in [1.82, 2.24) is 0 Å². The van der Waals surface area contributed by atoms with E-state index in [4.69, 9.17) is 10.5 Å². The van der Waals surface area contributed by atoms with Crippen molar-refractivity contribution in [3.05, 3.63) is 59.7 Å². The van der Waals surface area contributed by atoms with Gasteiger partial charge < -0.3 is 10.6 Å². The molecular weight excluding hydrogens is 292 g/mol. The van der Waals surface area contributed by atoms with Crippen LogP contribution in [-0.4, -0.2) is 11.8 Å². The van der Waals surface area contributed by atoms with E-state index in [9.17, 15) is 9.59 Å². The first-order valence-corrected chi connectivity index (χ1v) is 6.71. The van der Waals surface area contributed by atoms with Crippen LogP contribution in [0.4, 0.5) is 11.4 Å². The van der Waals surface area contributed by atoms with E-state index in [-0.39, 0.29) is 6.42 Å². The van der Waals surface area contributed by atoms with E-state index >= 15 is 0 Å². The largest absolute Gasteiger partial charge is 0.326 e. The summed E-state index contributed by atoms with van der Waals surface area (Å²) in [6.45, 7) is 0. The monoisotopic (exact) mass is 304 g/mol. The molecule has 0 atom stereocenters. The summed E-state index contributed by atoms with van der Waals surface area (Å²) in [5, 5.41) is 22.6. The maximum atomic E-state index is 11.8. The first-order chi connectivity index (χ1) is 11.1. The number of hydrogen-bond acceptors (Lipinski definition) is 4. The van der Waals surface area contributed by atoms with Gasteiger partial charge in [-0.2, -0.15) is 10.5 Å². The third-order valence-corrected chi connectivity index (χ3v) is 2.89. The van der Waals surface area contributed by atoms with Crippen LogP contribution in [0.3, 0.4) is 0 Å². The molecule has 0 heterocycles. The number of carbonyl (C=O) groups excluding carboxylic acids is 2. The molecule has 0 fully saturated rings. The van der Waals surface area contributed by atoms with E-state index in [1.54, 1.807) is 42.5 Å². The molecule has 0 spiro atoms. The van der Waals surface area contributed by atoms with E-state index in [1.165, 1.54) is 6.07 Å². The van der Waals surface area contributed by atoms with Crippen LogP contribution in [0.1, 0.15) is 17.5 Å². The first-order valence-electron chi connectivity index (χ1n) is 6.71. The van der Waals surface area contributed by atoms with Crippen LogP contribution in [0.2, 0.25) is 0 Å². The van der Waals surface area contributed by atoms with Gasteiger partial charge in [-0.05, 0) is 42.5 Å². The summed E-state index contributed by atoms with van der Waals surface area (Å²) in [5.74, 6) is -0.949. The molecule has 2 aromatic carbocycles. The fourth-order valence-electron chi connectivity index (χ4n) is 1.85. The minimum Gasteiger partial charge on any atom is -0.326 e. The van der Waals surface area contributed by atoms with Crippen LogP contribution >= 0.6 is 0 Å². The van der Waals surface area contributed by atoms with E-state index < -0.39 is 11.8 Å². The fourth-order valence-corrected chi connectivity index (χ4v) is 1.85. The lowest BCUT2D eigenvalue weighted by atomic mass is 10.2. The molecule has 6 heteroatoms. The summed E-state index contributed by atoms with van der Waals surface area (Å²) >= 11 is 0. The van der Waals surface area contributed by atoms with E-state index in [1.807, 2.05) is 12.1 Å². The summed E-state index contributed by atoms with van der Waals surface area (Å²) in [5.41, 5.74) is 1.87. The molecule has 0 aromatic heterocycles. The molecule has 0 bridgehead atoms. The van der Waals surface area contributed by atoms with Gasteiger partial charge >= 0.3 is 0 Å². The molecule has 0 aliphatic carbocycles. The van der Waals surface area contributed by atoms with Crippen LogP contribution in [0.25, 0.3) is 0 Å². The molecule has 0 unspecified atom stereocenters. The smallest absolute Gasteiger partial charge is 0.233 e. The molecule has 0 saturated carbocycles. The zero-order valence-corrected chi connectivity index (χ0v) is 12.0. The maximum absolute atomic E-state index is 11.8. The van der Waals surface area contributed by atoms with Crippen LogP contribution in [-0.2, 0) is 9.59 Å².